The van der Waals surface area contributed by atoms with Gasteiger partial charge < -0.3 is 9.15 Å². The maximum Gasteiger partial charge on any atom is 0.342 e. The van der Waals surface area contributed by atoms with Gasteiger partial charge in [0.2, 0.25) is 0 Å². The number of hydrogen-bond donors (Lipinski definition) is 0. The van der Waals surface area contributed by atoms with Crippen molar-refractivity contribution in [2.45, 2.75) is 40.5 Å². The van der Waals surface area contributed by atoms with E-state index in [9.17, 15) is 9.59 Å². The van der Waals surface area contributed by atoms with Crippen molar-refractivity contribution in [1.82, 2.24) is 0 Å². The lowest BCUT2D eigenvalue weighted by Crippen LogP contribution is -2.14. The largest absolute Gasteiger partial charge is 0.427 e. The predicted octanol–water partition coefficient (Wildman–Crippen LogP) is 2.13. The highest BCUT2D eigenvalue weighted by molar-refractivity contribution is 5.72. The molecule has 1 rings (SSSR count). The van der Waals surface area contributed by atoms with Crippen LogP contribution in [-0.2, 0) is 11.2 Å². The third-order valence-electron chi connectivity index (χ3n) is 2.45. The summed E-state index contributed by atoms with van der Waals surface area (Å²) < 4.78 is 10.2. The molecule has 16 heavy (non-hydrogen) atoms. The van der Waals surface area contributed by atoms with Crippen molar-refractivity contribution in [1.29, 1.82) is 0 Å². The Balaban J connectivity index is 3.30. The zero-order valence-corrected chi connectivity index (χ0v) is 10.0. The Kier molecular flexibility index (Phi) is 3.88. The van der Waals surface area contributed by atoms with Gasteiger partial charge in [0.1, 0.15) is 11.5 Å². The number of hydrogen-bond acceptors (Lipinski definition) is 4. The van der Waals surface area contributed by atoms with E-state index in [2.05, 4.69) is 0 Å². The van der Waals surface area contributed by atoms with E-state index in [1.165, 1.54) is 0 Å². The minimum atomic E-state index is -0.443. The van der Waals surface area contributed by atoms with Crippen molar-refractivity contribution in [2.75, 3.05) is 0 Å². The van der Waals surface area contributed by atoms with Gasteiger partial charge in [0.15, 0.2) is 0 Å². The molecule has 0 aliphatic rings. The molecule has 0 aliphatic carbocycles. The average Bonchev–Trinajstić information content (AvgIpc) is 2.28. The second-order valence-corrected chi connectivity index (χ2v) is 3.57. The van der Waals surface area contributed by atoms with Crippen LogP contribution in [0.3, 0.4) is 0 Å². The van der Waals surface area contributed by atoms with E-state index in [1.54, 1.807) is 20.8 Å². The minimum Gasteiger partial charge on any atom is -0.427 e. The number of rotatable bonds is 3. The van der Waals surface area contributed by atoms with E-state index in [-0.39, 0.29) is 12.4 Å². The molecule has 4 heteroatoms. The van der Waals surface area contributed by atoms with Crippen LogP contribution in [0.25, 0.3) is 0 Å². The van der Waals surface area contributed by atoms with Crippen LogP contribution >= 0.6 is 0 Å². The fourth-order valence-corrected chi connectivity index (χ4v) is 1.44. The standard InChI is InChI=1S/C12H16O4/c1-5-9-7(3)11(16-10(13)6-2)8(4)12(14)15-9/h5-6H2,1-4H3. The molecular weight excluding hydrogens is 208 g/mol. The van der Waals surface area contributed by atoms with Crippen LogP contribution in [-0.4, -0.2) is 5.97 Å². The van der Waals surface area contributed by atoms with Crippen molar-refractivity contribution in [3.63, 3.8) is 0 Å². The Morgan fingerprint density at radius 3 is 2.38 bits per heavy atom. The Bertz CT molecular complexity index is 457. The van der Waals surface area contributed by atoms with Gasteiger partial charge in [0, 0.05) is 18.4 Å². The molecule has 0 bridgehead atoms. The molecule has 0 saturated carbocycles. The van der Waals surface area contributed by atoms with Crippen LogP contribution in [0.15, 0.2) is 9.21 Å². The number of aryl methyl sites for hydroxylation is 1. The Labute approximate surface area is 94.2 Å². The summed E-state index contributed by atoms with van der Waals surface area (Å²) in [5.74, 6) is 0.563. The zero-order valence-electron chi connectivity index (χ0n) is 10.0. The molecular formula is C12H16O4. The van der Waals surface area contributed by atoms with Crippen molar-refractivity contribution in [2.24, 2.45) is 0 Å². The van der Waals surface area contributed by atoms with Crippen LogP contribution in [0.2, 0.25) is 0 Å². The maximum atomic E-state index is 11.5. The zero-order chi connectivity index (χ0) is 12.3. The van der Waals surface area contributed by atoms with Crippen molar-refractivity contribution in [3.05, 3.63) is 27.3 Å². The van der Waals surface area contributed by atoms with Gasteiger partial charge in [-0.05, 0) is 13.8 Å². The third-order valence-corrected chi connectivity index (χ3v) is 2.45. The highest BCUT2D eigenvalue weighted by Crippen LogP contribution is 2.24. The molecule has 4 nitrogen and oxygen atoms in total. The second-order valence-electron chi connectivity index (χ2n) is 3.57. The molecule has 1 aromatic rings. The summed E-state index contributed by atoms with van der Waals surface area (Å²) in [5, 5.41) is 0. The first-order chi connectivity index (χ1) is 7.51. The lowest BCUT2D eigenvalue weighted by atomic mass is 10.1. The van der Waals surface area contributed by atoms with Crippen LogP contribution in [0, 0.1) is 13.8 Å². The van der Waals surface area contributed by atoms with Gasteiger partial charge in [-0.2, -0.15) is 0 Å². The lowest BCUT2D eigenvalue weighted by molar-refractivity contribution is -0.134. The molecule has 0 fully saturated rings. The van der Waals surface area contributed by atoms with Gasteiger partial charge >= 0.3 is 11.6 Å². The van der Waals surface area contributed by atoms with Gasteiger partial charge in [-0.15, -0.1) is 0 Å². The van der Waals surface area contributed by atoms with E-state index in [0.717, 1.165) is 5.56 Å². The van der Waals surface area contributed by atoms with E-state index >= 15 is 0 Å². The Morgan fingerprint density at radius 2 is 1.88 bits per heavy atom. The van der Waals surface area contributed by atoms with E-state index in [0.29, 0.717) is 23.5 Å². The fraction of sp³-hybridized carbons (Fsp3) is 0.500. The molecule has 1 heterocycles. The summed E-state index contributed by atoms with van der Waals surface area (Å²) in [5.41, 5.74) is 0.624. The summed E-state index contributed by atoms with van der Waals surface area (Å²) >= 11 is 0. The van der Waals surface area contributed by atoms with Crippen molar-refractivity contribution < 1.29 is 13.9 Å². The molecule has 0 atom stereocenters. The quantitative estimate of drug-likeness (QED) is 0.738. The van der Waals surface area contributed by atoms with Crippen molar-refractivity contribution >= 4 is 5.97 Å². The summed E-state index contributed by atoms with van der Waals surface area (Å²) in [4.78, 5) is 22.7. The smallest absolute Gasteiger partial charge is 0.342 e. The van der Waals surface area contributed by atoms with E-state index in [1.807, 2.05) is 6.92 Å². The monoisotopic (exact) mass is 224 g/mol. The molecule has 0 saturated heterocycles. The van der Waals surface area contributed by atoms with Gasteiger partial charge in [-0.3, -0.25) is 4.79 Å². The van der Waals surface area contributed by atoms with E-state index in [4.69, 9.17) is 9.15 Å². The van der Waals surface area contributed by atoms with Crippen molar-refractivity contribution in [3.8, 4) is 5.75 Å². The predicted molar refractivity (Wildman–Crippen MR) is 59.8 cm³/mol. The first kappa shape index (κ1) is 12.5. The van der Waals surface area contributed by atoms with Crippen LogP contribution < -0.4 is 10.4 Å². The van der Waals surface area contributed by atoms with Gasteiger partial charge in [-0.1, -0.05) is 13.8 Å². The Hall–Kier alpha value is -1.58. The molecule has 0 aromatic carbocycles. The molecule has 1 aromatic heterocycles. The van der Waals surface area contributed by atoms with Crippen LogP contribution in [0.5, 0.6) is 5.75 Å². The number of carbonyl (C=O) groups is 1. The third kappa shape index (κ3) is 2.32. The summed E-state index contributed by atoms with van der Waals surface area (Å²) in [6.07, 6.45) is 0.874. The molecule has 88 valence electrons. The summed E-state index contributed by atoms with van der Waals surface area (Å²) in [6.45, 7) is 6.97. The Morgan fingerprint density at radius 1 is 1.25 bits per heavy atom. The molecule has 0 spiro atoms. The first-order valence-corrected chi connectivity index (χ1v) is 5.35. The normalized spacial score (nSPS) is 10.2. The second kappa shape index (κ2) is 4.96. The summed E-state index contributed by atoms with van der Waals surface area (Å²) in [7, 11) is 0. The molecule has 0 N–H and O–H groups in total. The van der Waals surface area contributed by atoms with Crippen LogP contribution in [0.1, 0.15) is 37.2 Å². The SMILES string of the molecule is CCC(=O)Oc1c(C)c(CC)oc(=O)c1C. The number of carbonyl (C=O) groups excluding carboxylic acids is 1. The van der Waals surface area contributed by atoms with E-state index < -0.39 is 5.63 Å². The lowest BCUT2D eigenvalue weighted by Gasteiger charge is -2.11. The molecule has 0 radical (unpaired) electrons. The highest BCUT2D eigenvalue weighted by atomic mass is 16.5. The first-order valence-electron chi connectivity index (χ1n) is 5.35. The van der Waals surface area contributed by atoms with Crippen LogP contribution in [0.4, 0.5) is 0 Å². The summed E-state index contributed by atoms with van der Waals surface area (Å²) in [6, 6.07) is 0. The van der Waals surface area contributed by atoms with Gasteiger partial charge in [0.05, 0.1) is 5.56 Å². The average molecular weight is 224 g/mol. The molecule has 0 unspecified atom stereocenters. The molecule has 0 aliphatic heterocycles. The highest BCUT2D eigenvalue weighted by Gasteiger charge is 2.16. The number of ether oxygens (including phenoxy) is 1. The minimum absolute atomic E-state index is 0.278. The topological polar surface area (TPSA) is 56.5 Å². The van der Waals surface area contributed by atoms with Gasteiger partial charge in [0.25, 0.3) is 0 Å². The fourth-order valence-electron chi connectivity index (χ4n) is 1.44. The maximum absolute atomic E-state index is 11.5. The van der Waals surface area contributed by atoms with Gasteiger partial charge in [-0.25, -0.2) is 4.79 Å². The number of esters is 1. The molecule has 0 amide bonds.